The van der Waals surface area contributed by atoms with E-state index in [-0.39, 0.29) is 18.6 Å². The van der Waals surface area contributed by atoms with Crippen molar-refractivity contribution in [3.63, 3.8) is 0 Å². The average Bonchev–Trinajstić information content (AvgIpc) is 2.63. The van der Waals surface area contributed by atoms with Crippen LogP contribution in [0.4, 0.5) is 5.69 Å². The predicted molar refractivity (Wildman–Crippen MR) is 102 cm³/mol. The van der Waals surface area contributed by atoms with Gasteiger partial charge < -0.3 is 15.2 Å². The quantitative estimate of drug-likeness (QED) is 0.576. The third kappa shape index (κ3) is 5.72. The van der Waals surface area contributed by atoms with Gasteiger partial charge in [0.25, 0.3) is 5.91 Å². The number of nitrogens with one attached hydrogen (secondary N) is 1. The van der Waals surface area contributed by atoms with Crippen LogP contribution < -0.4 is 10.1 Å². The second-order valence-electron chi connectivity index (χ2n) is 5.96. The van der Waals surface area contributed by atoms with E-state index in [0.29, 0.717) is 17.0 Å². The maximum absolute atomic E-state index is 12.5. The van der Waals surface area contributed by atoms with Gasteiger partial charge in [0.05, 0.1) is 13.0 Å². The first kappa shape index (κ1) is 19.7. The standard InChI is InChI=1S/C21H20N2O4/c1-14-5-3-6-15(2)20(14)23-21(26)17(13-22)11-16-7-4-8-18(12-16)27-10-9-19(24)25/h3-8,11-12H,9-10H2,1-2H3,(H,23,26)(H,24,25)/b17-11-. The molecule has 6 nitrogen and oxygen atoms in total. The van der Waals surface area contributed by atoms with Crippen LogP contribution >= 0.6 is 0 Å². The van der Waals surface area contributed by atoms with E-state index in [1.54, 1.807) is 24.3 Å². The van der Waals surface area contributed by atoms with Crippen molar-refractivity contribution in [1.82, 2.24) is 0 Å². The van der Waals surface area contributed by atoms with Gasteiger partial charge in [0.15, 0.2) is 0 Å². The average molecular weight is 364 g/mol. The third-order valence-electron chi connectivity index (χ3n) is 3.84. The molecule has 2 aromatic rings. The van der Waals surface area contributed by atoms with E-state index in [9.17, 15) is 14.9 Å². The zero-order chi connectivity index (χ0) is 19.8. The highest BCUT2D eigenvalue weighted by Gasteiger charge is 2.12. The van der Waals surface area contributed by atoms with Gasteiger partial charge in [-0.25, -0.2) is 0 Å². The molecule has 27 heavy (non-hydrogen) atoms. The zero-order valence-electron chi connectivity index (χ0n) is 15.2. The van der Waals surface area contributed by atoms with E-state index >= 15 is 0 Å². The number of hydrogen-bond acceptors (Lipinski definition) is 4. The summed E-state index contributed by atoms with van der Waals surface area (Å²) < 4.78 is 5.37. The minimum absolute atomic E-state index is 0.0414. The molecule has 6 heteroatoms. The molecule has 2 aromatic carbocycles. The Morgan fingerprint density at radius 1 is 1.19 bits per heavy atom. The molecule has 0 saturated carbocycles. The number of carbonyl (C=O) groups excluding carboxylic acids is 1. The number of benzene rings is 2. The van der Waals surface area contributed by atoms with Crippen LogP contribution in [0.1, 0.15) is 23.1 Å². The summed E-state index contributed by atoms with van der Waals surface area (Å²) >= 11 is 0. The Morgan fingerprint density at radius 3 is 2.48 bits per heavy atom. The molecule has 0 fully saturated rings. The van der Waals surface area contributed by atoms with Gasteiger partial charge in [0, 0.05) is 5.69 Å². The highest BCUT2D eigenvalue weighted by Crippen LogP contribution is 2.21. The Labute approximate surface area is 157 Å². The van der Waals surface area contributed by atoms with Gasteiger partial charge in [-0.3, -0.25) is 9.59 Å². The Kier molecular flexibility index (Phi) is 6.73. The summed E-state index contributed by atoms with van der Waals surface area (Å²) in [4.78, 5) is 23.0. The van der Waals surface area contributed by atoms with Crippen LogP contribution in [0.3, 0.4) is 0 Å². The monoisotopic (exact) mass is 364 g/mol. The van der Waals surface area contributed by atoms with Crippen LogP contribution in [0, 0.1) is 25.2 Å². The first-order chi connectivity index (χ1) is 12.9. The van der Waals surface area contributed by atoms with Gasteiger partial charge >= 0.3 is 5.97 Å². The molecule has 2 N–H and O–H groups in total. The fourth-order valence-electron chi connectivity index (χ4n) is 2.46. The molecular weight excluding hydrogens is 344 g/mol. The molecule has 0 aliphatic rings. The largest absolute Gasteiger partial charge is 0.493 e. The van der Waals surface area contributed by atoms with Gasteiger partial charge in [-0.15, -0.1) is 0 Å². The molecule has 0 bridgehead atoms. The van der Waals surface area contributed by atoms with Gasteiger partial charge in [-0.2, -0.15) is 5.26 Å². The van der Waals surface area contributed by atoms with Gasteiger partial charge in [0.2, 0.25) is 0 Å². The Hall–Kier alpha value is -3.59. The van der Waals surface area contributed by atoms with Gasteiger partial charge in [-0.05, 0) is 48.7 Å². The van der Waals surface area contributed by atoms with E-state index in [1.807, 2.05) is 38.1 Å². The van der Waals surface area contributed by atoms with Crippen LogP contribution in [0.15, 0.2) is 48.0 Å². The molecule has 0 aliphatic carbocycles. The maximum atomic E-state index is 12.5. The molecule has 0 saturated heterocycles. The smallest absolute Gasteiger partial charge is 0.306 e. The van der Waals surface area contributed by atoms with Crippen molar-refractivity contribution in [3.05, 3.63) is 64.7 Å². The summed E-state index contributed by atoms with van der Waals surface area (Å²) in [5, 5.41) is 20.8. The number of nitrogens with zero attached hydrogens (tertiary/aromatic N) is 1. The van der Waals surface area contributed by atoms with Crippen molar-refractivity contribution in [2.75, 3.05) is 11.9 Å². The second-order valence-corrected chi connectivity index (χ2v) is 5.96. The van der Waals surface area contributed by atoms with Crippen molar-refractivity contribution < 1.29 is 19.4 Å². The third-order valence-corrected chi connectivity index (χ3v) is 3.84. The van der Waals surface area contributed by atoms with Crippen LogP contribution in [0.5, 0.6) is 5.75 Å². The highest BCUT2D eigenvalue weighted by atomic mass is 16.5. The summed E-state index contributed by atoms with van der Waals surface area (Å²) in [5.41, 5.74) is 3.08. The van der Waals surface area contributed by atoms with Crippen molar-refractivity contribution in [1.29, 1.82) is 5.26 Å². The predicted octanol–water partition coefficient (Wildman–Crippen LogP) is 3.70. The molecule has 2 rings (SSSR count). The lowest BCUT2D eigenvalue weighted by molar-refractivity contribution is -0.137. The molecule has 0 unspecified atom stereocenters. The van der Waals surface area contributed by atoms with E-state index in [1.165, 1.54) is 6.08 Å². The summed E-state index contributed by atoms with van der Waals surface area (Å²) in [7, 11) is 0. The van der Waals surface area contributed by atoms with E-state index in [4.69, 9.17) is 9.84 Å². The highest BCUT2D eigenvalue weighted by molar-refractivity contribution is 6.10. The van der Waals surface area contributed by atoms with Crippen molar-refractivity contribution in [2.24, 2.45) is 0 Å². The zero-order valence-corrected chi connectivity index (χ0v) is 15.2. The molecule has 0 atom stereocenters. The van der Waals surface area contributed by atoms with Crippen molar-refractivity contribution >= 4 is 23.6 Å². The molecule has 0 spiro atoms. The number of carboxylic acids is 1. The van der Waals surface area contributed by atoms with Crippen LogP contribution in [0.2, 0.25) is 0 Å². The number of aliphatic carboxylic acids is 1. The number of carboxylic acid groups (broad SMARTS) is 1. The van der Waals surface area contributed by atoms with Crippen LogP contribution in [-0.2, 0) is 9.59 Å². The minimum atomic E-state index is -0.944. The van der Waals surface area contributed by atoms with Crippen molar-refractivity contribution in [3.8, 4) is 11.8 Å². The fourth-order valence-corrected chi connectivity index (χ4v) is 2.46. The number of ether oxygens (including phenoxy) is 1. The summed E-state index contributed by atoms with van der Waals surface area (Å²) in [6.45, 7) is 3.81. The summed E-state index contributed by atoms with van der Waals surface area (Å²) in [6, 6.07) is 14.4. The van der Waals surface area contributed by atoms with Crippen molar-refractivity contribution in [2.45, 2.75) is 20.3 Å². The first-order valence-electron chi connectivity index (χ1n) is 8.34. The Bertz CT molecular complexity index is 906. The second kappa shape index (κ2) is 9.20. The van der Waals surface area contributed by atoms with Gasteiger partial charge in [0.1, 0.15) is 17.4 Å². The number of amides is 1. The van der Waals surface area contributed by atoms with Crippen LogP contribution in [0.25, 0.3) is 6.08 Å². The Balaban J connectivity index is 2.17. The molecule has 1 amide bonds. The molecule has 0 radical (unpaired) electrons. The molecule has 0 aromatic heterocycles. The molecular formula is C21H20N2O4. The topological polar surface area (TPSA) is 99.4 Å². The summed E-state index contributed by atoms with van der Waals surface area (Å²) in [6.07, 6.45) is 1.36. The number of para-hydroxylation sites is 1. The summed E-state index contributed by atoms with van der Waals surface area (Å²) in [5.74, 6) is -0.967. The van der Waals surface area contributed by atoms with E-state index in [2.05, 4.69) is 5.32 Å². The SMILES string of the molecule is Cc1cccc(C)c1NC(=O)/C(C#N)=C\c1cccc(OCCC(=O)O)c1. The van der Waals surface area contributed by atoms with Gasteiger partial charge in [-0.1, -0.05) is 30.3 Å². The lowest BCUT2D eigenvalue weighted by Crippen LogP contribution is -2.15. The normalized spacial score (nSPS) is 10.8. The molecule has 0 aliphatic heterocycles. The number of anilines is 1. The Morgan fingerprint density at radius 2 is 1.85 bits per heavy atom. The van der Waals surface area contributed by atoms with E-state index in [0.717, 1.165) is 11.1 Å². The number of nitriles is 1. The molecule has 0 heterocycles. The lowest BCUT2D eigenvalue weighted by Gasteiger charge is -2.11. The lowest BCUT2D eigenvalue weighted by atomic mass is 10.1. The molecule has 138 valence electrons. The number of carbonyl (C=O) groups is 2. The fraction of sp³-hybridized carbons (Fsp3) is 0.190. The van der Waals surface area contributed by atoms with E-state index < -0.39 is 11.9 Å². The maximum Gasteiger partial charge on any atom is 0.306 e. The number of rotatable bonds is 7. The number of hydrogen-bond donors (Lipinski definition) is 2. The minimum Gasteiger partial charge on any atom is -0.493 e. The van der Waals surface area contributed by atoms with Crippen LogP contribution in [-0.4, -0.2) is 23.6 Å². The number of aryl methyl sites for hydroxylation is 2. The first-order valence-corrected chi connectivity index (χ1v) is 8.34.